The van der Waals surface area contributed by atoms with Crippen molar-refractivity contribution in [1.29, 1.82) is 0 Å². The van der Waals surface area contributed by atoms with Crippen molar-refractivity contribution in [1.82, 2.24) is 9.97 Å². The lowest BCUT2D eigenvalue weighted by Gasteiger charge is -2.08. The van der Waals surface area contributed by atoms with E-state index in [-0.39, 0.29) is 22.7 Å². The molecule has 0 fully saturated rings. The molecular weight excluding hydrogens is 540 g/mol. The van der Waals surface area contributed by atoms with Crippen molar-refractivity contribution in [2.45, 2.75) is 44.9 Å². The van der Waals surface area contributed by atoms with Gasteiger partial charge in [-0.3, -0.25) is 19.2 Å². The number of unbranched alkanes of at least 4 members (excludes halogenated alkanes) is 4. The molecule has 0 aliphatic carbocycles. The summed E-state index contributed by atoms with van der Waals surface area (Å²) in [6.45, 7) is 0. The molecule has 0 saturated heterocycles. The van der Waals surface area contributed by atoms with Gasteiger partial charge in [0, 0.05) is 56.8 Å². The summed E-state index contributed by atoms with van der Waals surface area (Å²) < 4.78 is 0. The van der Waals surface area contributed by atoms with Crippen molar-refractivity contribution in [3.8, 4) is 0 Å². The fourth-order valence-corrected chi connectivity index (χ4v) is 5.56. The SMILES string of the molecule is O=C(CCCCCCCC(=O)Nc1ccc2c(=O)c3ccccc3[nH]c2c1)Nc1ccc2c(=O)c3ccccc3[nH]c2c1. The third-order valence-electron chi connectivity index (χ3n) is 7.79. The molecule has 6 aromatic rings. The summed E-state index contributed by atoms with van der Waals surface area (Å²) in [5.74, 6) is -0.127. The number of carbonyl (C=O) groups excluding carboxylic acids is 2. The van der Waals surface area contributed by atoms with Gasteiger partial charge >= 0.3 is 0 Å². The zero-order valence-electron chi connectivity index (χ0n) is 23.7. The Kier molecular flexibility index (Phi) is 8.00. The smallest absolute Gasteiger partial charge is 0.224 e. The maximum atomic E-state index is 12.7. The molecule has 4 aromatic carbocycles. The van der Waals surface area contributed by atoms with Crippen LogP contribution in [0.3, 0.4) is 0 Å². The van der Waals surface area contributed by atoms with E-state index in [1.165, 1.54) is 0 Å². The monoisotopic (exact) mass is 572 g/mol. The third kappa shape index (κ3) is 6.18. The van der Waals surface area contributed by atoms with E-state index in [1.807, 2.05) is 36.4 Å². The van der Waals surface area contributed by atoms with Crippen molar-refractivity contribution < 1.29 is 9.59 Å². The van der Waals surface area contributed by atoms with Crippen molar-refractivity contribution in [3.63, 3.8) is 0 Å². The van der Waals surface area contributed by atoms with E-state index in [0.29, 0.717) is 56.8 Å². The predicted molar refractivity (Wildman–Crippen MR) is 174 cm³/mol. The van der Waals surface area contributed by atoms with Gasteiger partial charge < -0.3 is 20.6 Å². The number of benzene rings is 4. The molecule has 0 atom stereocenters. The second kappa shape index (κ2) is 12.3. The van der Waals surface area contributed by atoms with Crippen LogP contribution in [0.5, 0.6) is 0 Å². The minimum absolute atomic E-state index is 0.0280. The maximum absolute atomic E-state index is 12.7. The fraction of sp³-hybridized carbons (Fsp3) is 0.200. The summed E-state index contributed by atoms with van der Waals surface area (Å²) in [5.41, 5.74) is 4.16. The van der Waals surface area contributed by atoms with E-state index in [4.69, 9.17) is 0 Å². The van der Waals surface area contributed by atoms with Crippen LogP contribution in [0.2, 0.25) is 0 Å². The van der Waals surface area contributed by atoms with Gasteiger partial charge in [-0.2, -0.15) is 0 Å². The number of pyridine rings is 2. The highest BCUT2D eigenvalue weighted by atomic mass is 16.2. The maximum Gasteiger partial charge on any atom is 0.224 e. The number of carbonyl (C=O) groups is 2. The molecule has 8 heteroatoms. The first kappa shape index (κ1) is 27.9. The van der Waals surface area contributed by atoms with E-state index >= 15 is 0 Å². The largest absolute Gasteiger partial charge is 0.354 e. The van der Waals surface area contributed by atoms with Crippen LogP contribution in [0.15, 0.2) is 94.5 Å². The molecule has 2 heterocycles. The average Bonchev–Trinajstić information content (AvgIpc) is 3.00. The Morgan fingerprint density at radius 1 is 0.488 bits per heavy atom. The number of hydrogen-bond donors (Lipinski definition) is 4. The first-order chi connectivity index (χ1) is 21.0. The van der Waals surface area contributed by atoms with Crippen molar-refractivity contribution >= 4 is 66.8 Å². The third-order valence-corrected chi connectivity index (χ3v) is 7.79. The molecular formula is C35H32N4O4. The van der Waals surface area contributed by atoms with Crippen LogP contribution in [0.4, 0.5) is 11.4 Å². The van der Waals surface area contributed by atoms with Crippen molar-refractivity contribution in [2.24, 2.45) is 0 Å². The topological polar surface area (TPSA) is 124 Å². The highest BCUT2D eigenvalue weighted by Crippen LogP contribution is 2.21. The number of aromatic amines is 2. The number of anilines is 2. The van der Waals surface area contributed by atoms with E-state index in [9.17, 15) is 19.2 Å². The molecule has 0 aliphatic heterocycles. The Morgan fingerprint density at radius 2 is 0.884 bits per heavy atom. The quantitative estimate of drug-likeness (QED) is 0.104. The number of nitrogens with one attached hydrogen (secondary N) is 4. The molecule has 2 amide bonds. The molecule has 2 aromatic heterocycles. The van der Waals surface area contributed by atoms with E-state index < -0.39 is 0 Å². The van der Waals surface area contributed by atoms with Crippen molar-refractivity contribution in [3.05, 3.63) is 105 Å². The highest BCUT2D eigenvalue weighted by molar-refractivity contribution is 5.98. The van der Waals surface area contributed by atoms with Crippen LogP contribution in [0, 0.1) is 0 Å². The van der Waals surface area contributed by atoms with Gasteiger partial charge in [-0.15, -0.1) is 0 Å². The molecule has 0 radical (unpaired) electrons. The number of aromatic nitrogens is 2. The Morgan fingerprint density at radius 3 is 1.35 bits per heavy atom. The van der Waals surface area contributed by atoms with Gasteiger partial charge in [-0.05, 0) is 73.5 Å². The summed E-state index contributed by atoms with van der Waals surface area (Å²) in [7, 11) is 0. The van der Waals surface area contributed by atoms with Gasteiger partial charge in [-0.1, -0.05) is 43.5 Å². The van der Waals surface area contributed by atoms with Gasteiger partial charge in [-0.25, -0.2) is 0 Å². The lowest BCUT2D eigenvalue weighted by atomic mass is 10.1. The van der Waals surface area contributed by atoms with E-state index in [0.717, 1.165) is 43.1 Å². The molecule has 0 saturated carbocycles. The molecule has 0 aliphatic rings. The summed E-state index contributed by atoms with van der Waals surface area (Å²) in [4.78, 5) is 57.0. The molecule has 0 spiro atoms. The van der Waals surface area contributed by atoms with Crippen LogP contribution in [0.1, 0.15) is 44.9 Å². The molecule has 0 unspecified atom stereocenters. The van der Waals surface area contributed by atoms with Crippen LogP contribution >= 0.6 is 0 Å². The fourth-order valence-electron chi connectivity index (χ4n) is 5.56. The van der Waals surface area contributed by atoms with Crippen LogP contribution in [0.25, 0.3) is 43.6 Å². The first-order valence-electron chi connectivity index (χ1n) is 14.7. The predicted octanol–water partition coefficient (Wildman–Crippen LogP) is 6.98. The Hall–Kier alpha value is -5.24. The van der Waals surface area contributed by atoms with E-state index in [2.05, 4.69) is 20.6 Å². The number of hydrogen-bond acceptors (Lipinski definition) is 4. The van der Waals surface area contributed by atoms with E-state index in [1.54, 1.807) is 48.5 Å². The Labute approximate surface area is 247 Å². The Balaban J connectivity index is 0.919. The highest BCUT2D eigenvalue weighted by Gasteiger charge is 2.10. The zero-order valence-corrected chi connectivity index (χ0v) is 23.7. The number of rotatable bonds is 10. The van der Waals surface area contributed by atoms with Crippen molar-refractivity contribution in [2.75, 3.05) is 10.6 Å². The second-order valence-corrected chi connectivity index (χ2v) is 10.9. The standard InChI is InChI=1S/C35H32N4O4/c40-32(36-22-16-18-26-30(20-22)38-28-12-8-6-10-24(28)34(26)42)14-4-2-1-3-5-15-33(41)37-23-17-19-27-31(21-23)39-29-13-9-7-11-25(29)35(27)43/h6-13,16-21H,1-5,14-15H2,(H,36,40)(H,37,41)(H,38,42)(H,39,43). The van der Waals surface area contributed by atoms with Crippen LogP contribution in [-0.2, 0) is 9.59 Å². The minimum atomic E-state index is -0.0633. The normalized spacial score (nSPS) is 11.3. The lowest BCUT2D eigenvalue weighted by molar-refractivity contribution is -0.117. The van der Waals surface area contributed by atoms with Crippen LogP contribution in [-0.4, -0.2) is 21.8 Å². The molecule has 0 bridgehead atoms. The first-order valence-corrected chi connectivity index (χ1v) is 14.7. The molecule has 6 rings (SSSR count). The summed E-state index contributed by atoms with van der Waals surface area (Å²) >= 11 is 0. The summed E-state index contributed by atoms with van der Waals surface area (Å²) in [6, 6.07) is 25.4. The average molecular weight is 573 g/mol. The number of para-hydroxylation sites is 2. The van der Waals surface area contributed by atoms with Gasteiger partial charge in [0.2, 0.25) is 11.8 Å². The second-order valence-electron chi connectivity index (χ2n) is 10.9. The molecule has 216 valence electrons. The van der Waals surface area contributed by atoms with Gasteiger partial charge in [0.25, 0.3) is 0 Å². The number of H-pyrrole nitrogens is 2. The van der Waals surface area contributed by atoms with Crippen LogP contribution < -0.4 is 21.5 Å². The Bertz CT molecular complexity index is 1960. The molecule has 4 N–H and O–H groups in total. The lowest BCUT2D eigenvalue weighted by Crippen LogP contribution is -2.12. The van der Waals surface area contributed by atoms with Gasteiger partial charge in [0.1, 0.15) is 0 Å². The number of amides is 2. The number of fused-ring (bicyclic) bond motifs is 4. The summed E-state index contributed by atoms with van der Waals surface area (Å²) in [5, 5.41) is 8.33. The minimum Gasteiger partial charge on any atom is -0.354 e. The summed E-state index contributed by atoms with van der Waals surface area (Å²) in [6.07, 6.45) is 5.08. The zero-order chi connectivity index (χ0) is 29.8. The van der Waals surface area contributed by atoms with Gasteiger partial charge in [0.15, 0.2) is 10.9 Å². The molecule has 8 nitrogen and oxygen atoms in total. The molecule has 43 heavy (non-hydrogen) atoms. The van der Waals surface area contributed by atoms with Gasteiger partial charge in [0.05, 0.1) is 11.0 Å².